The summed E-state index contributed by atoms with van der Waals surface area (Å²) in [7, 11) is 4.45. The largest absolute Gasteiger partial charge is 0.496 e. The second-order valence-electron chi connectivity index (χ2n) is 5.32. The number of aromatic amines is 1. The van der Waals surface area contributed by atoms with E-state index in [0.29, 0.717) is 22.8 Å². The third-order valence-corrected chi connectivity index (χ3v) is 4.07. The average molecular weight is 356 g/mol. The molecule has 3 N–H and O–H groups in total. The highest BCUT2D eigenvalue weighted by molar-refractivity contribution is 5.60. The minimum absolute atomic E-state index is 0.0343. The van der Waals surface area contributed by atoms with Crippen molar-refractivity contribution in [3.63, 3.8) is 0 Å². The summed E-state index contributed by atoms with van der Waals surface area (Å²) < 4.78 is 21.4. The molecule has 2 heterocycles. The van der Waals surface area contributed by atoms with E-state index >= 15 is 0 Å². The Labute approximate surface area is 148 Å². The summed E-state index contributed by atoms with van der Waals surface area (Å²) in [5, 5.41) is 9.60. The first-order valence-corrected chi connectivity index (χ1v) is 7.50. The number of hydrogen-bond acceptors (Lipinski definition) is 8. The topological polar surface area (TPSA) is 132 Å². The van der Waals surface area contributed by atoms with Crippen molar-refractivity contribution in [3.8, 4) is 29.2 Å². The van der Waals surface area contributed by atoms with Gasteiger partial charge in [-0.15, -0.1) is 0 Å². The summed E-state index contributed by atoms with van der Waals surface area (Å²) in [6, 6.07) is 5.25. The van der Waals surface area contributed by atoms with E-state index in [-0.39, 0.29) is 22.9 Å². The molecular formula is C17H16N4O5. The fourth-order valence-electron chi connectivity index (χ4n) is 2.88. The summed E-state index contributed by atoms with van der Waals surface area (Å²) >= 11 is 0. The Morgan fingerprint density at radius 2 is 1.85 bits per heavy atom. The first-order valence-electron chi connectivity index (χ1n) is 7.50. The number of fused-ring (bicyclic) bond motifs is 1. The lowest BCUT2D eigenvalue weighted by Crippen LogP contribution is -2.28. The molecule has 0 bridgehead atoms. The minimum atomic E-state index is -0.837. The lowest BCUT2D eigenvalue weighted by Gasteiger charge is -2.26. The number of benzene rings is 1. The van der Waals surface area contributed by atoms with Crippen molar-refractivity contribution in [2.24, 2.45) is 5.73 Å². The van der Waals surface area contributed by atoms with Crippen LogP contribution in [0.1, 0.15) is 17.0 Å². The van der Waals surface area contributed by atoms with Gasteiger partial charge in [0.1, 0.15) is 17.4 Å². The Morgan fingerprint density at radius 3 is 2.46 bits per heavy atom. The van der Waals surface area contributed by atoms with Gasteiger partial charge in [0.05, 0.1) is 39.1 Å². The van der Waals surface area contributed by atoms with Crippen LogP contribution in [0.3, 0.4) is 0 Å². The first kappa shape index (κ1) is 17.2. The molecule has 0 radical (unpaired) electrons. The summed E-state index contributed by atoms with van der Waals surface area (Å²) in [4.78, 5) is 18.9. The molecule has 2 aromatic rings. The highest BCUT2D eigenvalue weighted by Gasteiger charge is 2.36. The number of allylic oxidation sites excluding steroid dienone is 1. The Kier molecular flexibility index (Phi) is 4.41. The van der Waals surface area contributed by atoms with E-state index < -0.39 is 11.5 Å². The van der Waals surface area contributed by atoms with Gasteiger partial charge in [-0.2, -0.15) is 5.26 Å². The molecule has 9 heteroatoms. The molecule has 1 unspecified atom stereocenters. The maximum Gasteiger partial charge on any atom is 0.258 e. The average Bonchev–Trinajstić information content (AvgIpc) is 2.65. The van der Waals surface area contributed by atoms with Crippen LogP contribution in [0.25, 0.3) is 0 Å². The van der Waals surface area contributed by atoms with E-state index in [1.165, 1.54) is 27.7 Å². The summed E-state index contributed by atoms with van der Waals surface area (Å²) in [6.07, 6.45) is 1.20. The number of aromatic nitrogens is 2. The maximum absolute atomic E-state index is 12.4. The Balaban J connectivity index is 2.35. The smallest absolute Gasteiger partial charge is 0.258 e. The van der Waals surface area contributed by atoms with Crippen LogP contribution in [0.15, 0.2) is 34.7 Å². The highest BCUT2D eigenvalue weighted by atomic mass is 16.5. The summed E-state index contributed by atoms with van der Waals surface area (Å²) in [5.41, 5.74) is 6.16. The van der Waals surface area contributed by atoms with E-state index in [0.717, 1.165) is 0 Å². The number of H-pyrrole nitrogens is 1. The maximum atomic E-state index is 12.4. The number of hydrogen-bond donors (Lipinski definition) is 2. The van der Waals surface area contributed by atoms with Crippen LogP contribution in [0.2, 0.25) is 0 Å². The molecule has 0 fully saturated rings. The van der Waals surface area contributed by atoms with Crippen LogP contribution in [0, 0.1) is 11.3 Å². The number of rotatable bonds is 4. The molecule has 0 amide bonds. The van der Waals surface area contributed by atoms with Gasteiger partial charge in [-0.25, -0.2) is 4.98 Å². The third kappa shape index (κ3) is 2.57. The molecular weight excluding hydrogens is 340 g/mol. The fraction of sp³-hybridized carbons (Fsp3) is 0.235. The number of nitrogens with two attached hydrogens (primary N) is 1. The van der Waals surface area contributed by atoms with E-state index in [2.05, 4.69) is 9.97 Å². The van der Waals surface area contributed by atoms with Gasteiger partial charge >= 0.3 is 0 Å². The number of ether oxygens (including phenoxy) is 4. The van der Waals surface area contributed by atoms with Crippen LogP contribution < -0.4 is 30.2 Å². The molecule has 0 saturated heterocycles. The Morgan fingerprint density at radius 1 is 1.19 bits per heavy atom. The normalized spacial score (nSPS) is 15.5. The first-order chi connectivity index (χ1) is 12.5. The lowest BCUT2D eigenvalue weighted by atomic mass is 9.84. The predicted molar refractivity (Wildman–Crippen MR) is 90.3 cm³/mol. The monoisotopic (exact) mass is 356 g/mol. The summed E-state index contributed by atoms with van der Waals surface area (Å²) in [6.45, 7) is 0. The zero-order valence-corrected chi connectivity index (χ0v) is 14.3. The summed E-state index contributed by atoms with van der Waals surface area (Å²) in [5.74, 6) is 0.316. The van der Waals surface area contributed by atoms with Crippen LogP contribution in [-0.4, -0.2) is 31.3 Å². The molecule has 3 rings (SSSR count). The molecule has 9 nitrogen and oxygen atoms in total. The number of nitrogens with one attached hydrogen (secondary N) is 1. The van der Waals surface area contributed by atoms with Crippen LogP contribution in [0.5, 0.6) is 23.1 Å². The van der Waals surface area contributed by atoms with Crippen molar-refractivity contribution >= 4 is 0 Å². The van der Waals surface area contributed by atoms with Gasteiger partial charge in [-0.05, 0) is 6.07 Å². The minimum Gasteiger partial charge on any atom is -0.496 e. The van der Waals surface area contributed by atoms with E-state index in [4.69, 9.17) is 24.7 Å². The molecule has 1 atom stereocenters. The zero-order valence-electron chi connectivity index (χ0n) is 14.3. The van der Waals surface area contributed by atoms with Crippen molar-refractivity contribution in [1.82, 2.24) is 9.97 Å². The van der Waals surface area contributed by atoms with Crippen molar-refractivity contribution < 1.29 is 18.9 Å². The van der Waals surface area contributed by atoms with Gasteiger partial charge in [-0.3, -0.25) is 4.79 Å². The molecule has 0 aliphatic carbocycles. The van der Waals surface area contributed by atoms with Gasteiger partial charge in [0.15, 0.2) is 11.5 Å². The van der Waals surface area contributed by atoms with Crippen LogP contribution >= 0.6 is 0 Å². The predicted octanol–water partition coefficient (Wildman–Crippen LogP) is 1.01. The zero-order chi connectivity index (χ0) is 18.8. The van der Waals surface area contributed by atoms with Gasteiger partial charge in [-0.1, -0.05) is 0 Å². The molecule has 0 saturated carbocycles. The molecule has 1 aliphatic rings. The molecule has 1 aromatic heterocycles. The van der Waals surface area contributed by atoms with Crippen molar-refractivity contribution in [1.29, 1.82) is 5.26 Å². The molecule has 0 spiro atoms. The van der Waals surface area contributed by atoms with Crippen molar-refractivity contribution in [2.75, 3.05) is 21.3 Å². The van der Waals surface area contributed by atoms with Crippen LogP contribution in [0.4, 0.5) is 0 Å². The van der Waals surface area contributed by atoms with Crippen molar-refractivity contribution in [2.45, 2.75) is 5.92 Å². The Bertz CT molecular complexity index is 990. The molecule has 134 valence electrons. The Hall–Kier alpha value is -3.67. The number of nitrogens with zero attached hydrogens (tertiary/aromatic N) is 2. The SMILES string of the molecule is COc1cc(OC)c(C2C(C#N)=C(N)Oc3nc[nH]c(=O)c32)cc1OC. The van der Waals surface area contributed by atoms with E-state index in [1.54, 1.807) is 12.1 Å². The van der Waals surface area contributed by atoms with Crippen LogP contribution in [-0.2, 0) is 0 Å². The number of methoxy groups -OCH3 is 3. The lowest BCUT2D eigenvalue weighted by molar-refractivity contribution is 0.345. The second kappa shape index (κ2) is 6.68. The van der Waals surface area contributed by atoms with Gasteiger partial charge in [0.2, 0.25) is 11.8 Å². The third-order valence-electron chi connectivity index (χ3n) is 4.07. The standard InChI is InChI=1S/C17H16N4O5/c1-23-10-5-12(25-3)11(24-2)4-8(10)13-9(6-18)15(19)26-17-14(13)16(22)20-7-21-17/h4-5,7,13H,19H2,1-3H3,(H,20,21,22). The molecule has 26 heavy (non-hydrogen) atoms. The number of nitriles is 1. The van der Waals surface area contributed by atoms with Gasteiger partial charge in [0, 0.05) is 11.6 Å². The van der Waals surface area contributed by atoms with E-state index in [1.807, 2.05) is 6.07 Å². The molecule has 1 aromatic carbocycles. The van der Waals surface area contributed by atoms with Crippen molar-refractivity contribution in [3.05, 3.63) is 51.4 Å². The van der Waals surface area contributed by atoms with Gasteiger partial charge < -0.3 is 29.7 Å². The second-order valence-corrected chi connectivity index (χ2v) is 5.32. The quantitative estimate of drug-likeness (QED) is 0.829. The van der Waals surface area contributed by atoms with E-state index in [9.17, 15) is 10.1 Å². The molecule has 1 aliphatic heterocycles. The highest BCUT2D eigenvalue weighted by Crippen LogP contribution is 2.45. The van der Waals surface area contributed by atoms with Gasteiger partial charge in [0.25, 0.3) is 5.56 Å². The fourth-order valence-corrected chi connectivity index (χ4v) is 2.88.